The van der Waals surface area contributed by atoms with Crippen LogP contribution in [0.15, 0.2) is 14.1 Å². The van der Waals surface area contributed by atoms with E-state index < -0.39 is 16.1 Å². The van der Waals surface area contributed by atoms with Gasteiger partial charge >= 0.3 is 0 Å². The molecule has 0 fully saturated rings. The van der Waals surface area contributed by atoms with Crippen molar-refractivity contribution in [3.63, 3.8) is 0 Å². The van der Waals surface area contributed by atoms with Crippen molar-refractivity contribution >= 4 is 48.9 Å². The second kappa shape index (κ2) is 4.80. The number of hydrogen-bond acceptors (Lipinski definition) is 4. The Hall–Kier alpha value is -0.130. The van der Waals surface area contributed by atoms with Gasteiger partial charge in [-0.1, -0.05) is 11.6 Å². The fourth-order valence-electron chi connectivity index (χ4n) is 0.776. The maximum Gasteiger partial charge on any atom is 0.251 e. The number of nitriles is 1. The first kappa shape index (κ1) is 12.9. The lowest BCUT2D eigenvalue weighted by Gasteiger charge is -2.04. The zero-order valence-electron chi connectivity index (χ0n) is 7.49. The Morgan fingerprint density at radius 2 is 2.33 bits per heavy atom. The smallest absolute Gasteiger partial charge is 0.206 e. The molecule has 1 aromatic heterocycles. The molecule has 1 rings (SSSR count). The van der Waals surface area contributed by atoms with Gasteiger partial charge in [0.25, 0.3) is 10.0 Å². The van der Waals surface area contributed by atoms with Crippen LogP contribution in [0.4, 0.5) is 0 Å². The molecule has 0 saturated carbocycles. The monoisotopic (exact) mass is 328 g/mol. The fourth-order valence-corrected chi connectivity index (χ4v) is 4.34. The van der Waals surface area contributed by atoms with Crippen molar-refractivity contribution in [1.29, 1.82) is 5.26 Å². The molecule has 1 unspecified atom stereocenters. The van der Waals surface area contributed by atoms with Crippen LogP contribution in [0.25, 0.3) is 0 Å². The van der Waals surface area contributed by atoms with Crippen molar-refractivity contribution in [1.82, 2.24) is 4.72 Å². The Kier molecular flexibility index (Phi) is 4.14. The predicted molar refractivity (Wildman–Crippen MR) is 62.4 cm³/mol. The lowest BCUT2D eigenvalue weighted by molar-refractivity contribution is 0.579. The van der Waals surface area contributed by atoms with Crippen LogP contribution in [0.2, 0.25) is 5.02 Å². The van der Waals surface area contributed by atoms with Gasteiger partial charge in [0.1, 0.15) is 10.3 Å². The first-order valence-electron chi connectivity index (χ1n) is 3.73. The summed E-state index contributed by atoms with van der Waals surface area (Å²) in [5, 5.41) is 8.83. The molecule has 0 aliphatic rings. The van der Waals surface area contributed by atoms with Gasteiger partial charge in [0, 0.05) is 0 Å². The van der Waals surface area contributed by atoms with E-state index in [1.165, 1.54) is 13.0 Å². The molecule has 0 aromatic carbocycles. The van der Waals surface area contributed by atoms with E-state index in [2.05, 4.69) is 20.7 Å². The minimum absolute atomic E-state index is 0.0847. The van der Waals surface area contributed by atoms with Crippen LogP contribution in [0.3, 0.4) is 0 Å². The van der Waals surface area contributed by atoms with E-state index in [4.69, 9.17) is 16.9 Å². The molecule has 4 nitrogen and oxygen atoms in total. The maximum absolute atomic E-state index is 11.6. The minimum Gasteiger partial charge on any atom is -0.206 e. The first-order chi connectivity index (χ1) is 6.86. The summed E-state index contributed by atoms with van der Waals surface area (Å²) < 4.78 is 26.1. The summed E-state index contributed by atoms with van der Waals surface area (Å²) in [5.74, 6) is 0. The number of nitrogens with zero attached hydrogens (tertiary/aromatic N) is 1. The molecular formula is C7H6BrClN2O2S2. The molecule has 0 spiro atoms. The molecule has 15 heavy (non-hydrogen) atoms. The normalized spacial score (nSPS) is 13.5. The molecular weight excluding hydrogens is 324 g/mol. The molecule has 0 amide bonds. The Labute approximate surface area is 105 Å². The summed E-state index contributed by atoms with van der Waals surface area (Å²) >= 11 is 9.83. The van der Waals surface area contributed by atoms with Crippen molar-refractivity contribution in [2.75, 3.05) is 0 Å². The van der Waals surface area contributed by atoms with Gasteiger partial charge in [0.05, 0.1) is 14.9 Å². The van der Waals surface area contributed by atoms with E-state index in [1.54, 1.807) is 6.07 Å². The summed E-state index contributed by atoms with van der Waals surface area (Å²) in [6.45, 7) is 1.46. The van der Waals surface area contributed by atoms with Crippen LogP contribution in [0.5, 0.6) is 0 Å². The van der Waals surface area contributed by atoms with Crippen LogP contribution in [-0.2, 0) is 10.0 Å². The van der Waals surface area contributed by atoms with Crippen molar-refractivity contribution in [2.24, 2.45) is 0 Å². The molecule has 1 atom stereocenters. The SMILES string of the molecule is CC(C#N)NS(=O)(=O)c1cc(Cl)c(Br)s1. The van der Waals surface area contributed by atoms with Gasteiger partial charge in [-0.15, -0.1) is 11.3 Å². The average molecular weight is 330 g/mol. The van der Waals surface area contributed by atoms with Crippen LogP contribution in [0, 0.1) is 11.3 Å². The molecule has 1 aromatic rings. The zero-order chi connectivity index (χ0) is 11.6. The van der Waals surface area contributed by atoms with Crippen LogP contribution < -0.4 is 4.72 Å². The summed E-state index contributed by atoms with van der Waals surface area (Å²) in [4.78, 5) is 0. The van der Waals surface area contributed by atoms with Crippen molar-refractivity contribution < 1.29 is 8.42 Å². The zero-order valence-corrected chi connectivity index (χ0v) is 11.5. The summed E-state index contributed by atoms with van der Waals surface area (Å²) in [6.07, 6.45) is 0. The Bertz CT molecular complexity index is 486. The molecule has 0 aliphatic heterocycles. The highest BCUT2D eigenvalue weighted by Gasteiger charge is 2.20. The van der Waals surface area contributed by atoms with Gasteiger partial charge in [0.15, 0.2) is 0 Å². The molecule has 82 valence electrons. The van der Waals surface area contributed by atoms with E-state index in [9.17, 15) is 8.42 Å². The summed E-state index contributed by atoms with van der Waals surface area (Å²) in [7, 11) is -3.64. The van der Waals surface area contributed by atoms with Crippen LogP contribution in [0.1, 0.15) is 6.92 Å². The number of nitrogens with one attached hydrogen (secondary N) is 1. The maximum atomic E-state index is 11.6. The Morgan fingerprint density at radius 3 is 2.73 bits per heavy atom. The van der Waals surface area contributed by atoms with Gasteiger partial charge < -0.3 is 0 Å². The van der Waals surface area contributed by atoms with Crippen molar-refractivity contribution in [3.05, 3.63) is 14.9 Å². The average Bonchev–Trinajstić information content (AvgIpc) is 2.47. The van der Waals surface area contributed by atoms with Gasteiger partial charge in [-0.3, -0.25) is 0 Å². The van der Waals surface area contributed by atoms with E-state index in [1.807, 2.05) is 0 Å². The lowest BCUT2D eigenvalue weighted by Crippen LogP contribution is -2.30. The van der Waals surface area contributed by atoms with Crippen LogP contribution in [-0.4, -0.2) is 14.5 Å². The van der Waals surface area contributed by atoms with E-state index in [0.29, 0.717) is 8.81 Å². The first-order valence-corrected chi connectivity index (χ1v) is 7.20. The molecule has 0 radical (unpaired) electrons. The highest BCUT2D eigenvalue weighted by Crippen LogP contribution is 2.34. The Morgan fingerprint density at radius 1 is 1.73 bits per heavy atom. The Balaban J connectivity index is 3.03. The number of rotatable bonds is 3. The predicted octanol–water partition coefficient (Wildman–Crippen LogP) is 2.35. The molecule has 8 heteroatoms. The van der Waals surface area contributed by atoms with Crippen LogP contribution >= 0.6 is 38.9 Å². The number of hydrogen-bond donors (Lipinski definition) is 1. The largest absolute Gasteiger partial charge is 0.251 e. The van der Waals surface area contributed by atoms with Crippen molar-refractivity contribution in [2.45, 2.75) is 17.2 Å². The molecule has 0 bridgehead atoms. The third-order valence-electron chi connectivity index (χ3n) is 1.41. The van der Waals surface area contributed by atoms with E-state index in [-0.39, 0.29) is 4.21 Å². The molecule has 1 heterocycles. The number of sulfonamides is 1. The molecule has 1 N–H and O–H groups in total. The summed E-state index contributed by atoms with van der Waals surface area (Å²) in [5.41, 5.74) is 0. The summed E-state index contributed by atoms with van der Waals surface area (Å²) in [6, 6.07) is 2.35. The van der Waals surface area contributed by atoms with E-state index >= 15 is 0 Å². The lowest BCUT2D eigenvalue weighted by atomic mass is 10.4. The molecule has 0 saturated heterocycles. The number of halogens is 2. The van der Waals surface area contributed by atoms with Gasteiger partial charge in [-0.05, 0) is 28.9 Å². The van der Waals surface area contributed by atoms with Gasteiger partial charge in [-0.2, -0.15) is 9.98 Å². The highest BCUT2D eigenvalue weighted by atomic mass is 79.9. The minimum atomic E-state index is -3.64. The quantitative estimate of drug-likeness (QED) is 0.925. The van der Waals surface area contributed by atoms with E-state index in [0.717, 1.165) is 11.3 Å². The fraction of sp³-hybridized carbons (Fsp3) is 0.286. The second-order valence-corrected chi connectivity index (χ2v) is 7.38. The van der Waals surface area contributed by atoms with Crippen molar-refractivity contribution in [3.8, 4) is 6.07 Å². The highest BCUT2D eigenvalue weighted by molar-refractivity contribution is 9.11. The topological polar surface area (TPSA) is 70.0 Å². The third kappa shape index (κ3) is 3.16. The van der Waals surface area contributed by atoms with Gasteiger partial charge in [0.2, 0.25) is 0 Å². The standard InChI is InChI=1S/C7H6BrClN2O2S2/c1-4(3-10)11-15(12,13)6-2-5(9)7(8)14-6/h2,4,11H,1H3. The molecule has 0 aliphatic carbocycles. The third-order valence-corrected chi connectivity index (χ3v) is 5.90. The number of thiophene rings is 1. The second-order valence-electron chi connectivity index (χ2n) is 2.66. The van der Waals surface area contributed by atoms with Gasteiger partial charge in [-0.25, -0.2) is 8.42 Å².